The van der Waals surface area contributed by atoms with Crippen LogP contribution in [0.4, 0.5) is 0 Å². The Morgan fingerprint density at radius 1 is 1.29 bits per heavy atom. The van der Waals surface area contributed by atoms with E-state index in [1.807, 2.05) is 0 Å². The Labute approximate surface area is 104 Å². The molecule has 2 unspecified atom stereocenters. The summed E-state index contributed by atoms with van der Waals surface area (Å²) in [4.78, 5) is 0. The van der Waals surface area contributed by atoms with Crippen molar-refractivity contribution in [2.75, 3.05) is 32.6 Å². The maximum absolute atomic E-state index is 11.6. The predicted octanol–water partition coefficient (Wildman–Crippen LogP) is 0.317. The molecule has 0 saturated heterocycles. The van der Waals surface area contributed by atoms with Crippen LogP contribution in [0.1, 0.15) is 25.7 Å². The average Bonchev–Trinajstić information content (AvgIpc) is 2.34. The minimum atomic E-state index is -3.19. The molecular formula is C11H24N2O3S. The maximum atomic E-state index is 11.6. The van der Waals surface area contributed by atoms with Gasteiger partial charge in [0.15, 0.2) is 0 Å². The first-order chi connectivity index (χ1) is 8.09. The fraction of sp³-hybridized carbons (Fsp3) is 1.00. The average molecular weight is 264 g/mol. The van der Waals surface area contributed by atoms with Crippen LogP contribution >= 0.6 is 0 Å². The third-order valence-electron chi connectivity index (χ3n) is 3.49. The van der Waals surface area contributed by atoms with Gasteiger partial charge in [-0.25, -0.2) is 13.1 Å². The number of nitrogens with two attached hydrogens (primary N) is 1. The normalized spacial score (nSPS) is 26.0. The number of sulfonamides is 1. The van der Waals surface area contributed by atoms with E-state index in [1.165, 1.54) is 20.0 Å². The van der Waals surface area contributed by atoms with Crippen LogP contribution in [-0.2, 0) is 14.8 Å². The zero-order valence-corrected chi connectivity index (χ0v) is 11.3. The van der Waals surface area contributed by atoms with E-state index in [-0.39, 0.29) is 12.4 Å². The second kappa shape index (κ2) is 7.31. The van der Waals surface area contributed by atoms with Crippen molar-refractivity contribution in [3.05, 3.63) is 0 Å². The molecule has 0 bridgehead atoms. The highest BCUT2D eigenvalue weighted by atomic mass is 32.2. The molecule has 2 atom stereocenters. The maximum Gasteiger partial charge on any atom is 0.213 e. The number of rotatable bonds is 7. The number of nitrogens with one attached hydrogen (secondary N) is 1. The largest absolute Gasteiger partial charge is 0.384 e. The molecule has 0 spiro atoms. The van der Waals surface area contributed by atoms with E-state index in [4.69, 9.17) is 10.5 Å². The number of hydrogen-bond donors (Lipinski definition) is 2. The lowest BCUT2D eigenvalue weighted by Crippen LogP contribution is -2.38. The molecule has 6 heteroatoms. The molecule has 17 heavy (non-hydrogen) atoms. The molecule has 102 valence electrons. The van der Waals surface area contributed by atoms with Crippen molar-refractivity contribution in [1.82, 2.24) is 4.72 Å². The summed E-state index contributed by atoms with van der Waals surface area (Å²) in [7, 11) is -1.69. The van der Waals surface area contributed by atoms with Gasteiger partial charge in [0.1, 0.15) is 0 Å². The first kappa shape index (κ1) is 14.9. The van der Waals surface area contributed by atoms with E-state index < -0.39 is 10.0 Å². The van der Waals surface area contributed by atoms with Gasteiger partial charge in [0, 0.05) is 13.7 Å². The lowest BCUT2D eigenvalue weighted by atomic mass is 9.79. The van der Waals surface area contributed by atoms with Crippen molar-refractivity contribution in [2.45, 2.75) is 25.7 Å². The Bertz CT molecular complexity index is 306. The van der Waals surface area contributed by atoms with Gasteiger partial charge in [-0.3, -0.25) is 0 Å². The number of hydrogen-bond acceptors (Lipinski definition) is 4. The van der Waals surface area contributed by atoms with Crippen molar-refractivity contribution >= 4 is 10.0 Å². The molecule has 1 aliphatic carbocycles. The standard InChI is InChI=1S/C11H24N2O3S/c1-16-6-7-17(14,15)13-9-11-5-3-2-4-10(11)8-12/h10-11,13H,2-9,12H2,1H3. The summed E-state index contributed by atoms with van der Waals surface area (Å²) in [6.45, 7) is 1.42. The van der Waals surface area contributed by atoms with Gasteiger partial charge in [-0.2, -0.15) is 0 Å². The molecule has 3 N–H and O–H groups in total. The minimum absolute atomic E-state index is 0.0313. The minimum Gasteiger partial charge on any atom is -0.384 e. The zero-order chi connectivity index (χ0) is 12.7. The van der Waals surface area contributed by atoms with Gasteiger partial charge in [-0.1, -0.05) is 12.8 Å². The van der Waals surface area contributed by atoms with Gasteiger partial charge in [0.2, 0.25) is 10.0 Å². The monoisotopic (exact) mass is 264 g/mol. The molecule has 0 radical (unpaired) electrons. The molecular weight excluding hydrogens is 240 g/mol. The van der Waals surface area contributed by atoms with Crippen LogP contribution in [0.5, 0.6) is 0 Å². The van der Waals surface area contributed by atoms with Crippen LogP contribution in [0, 0.1) is 11.8 Å². The smallest absolute Gasteiger partial charge is 0.213 e. The second-order valence-corrected chi connectivity index (χ2v) is 6.63. The lowest BCUT2D eigenvalue weighted by molar-refractivity contribution is 0.216. The number of methoxy groups -OCH3 is 1. The van der Waals surface area contributed by atoms with Gasteiger partial charge in [0.25, 0.3) is 0 Å². The molecule has 0 amide bonds. The van der Waals surface area contributed by atoms with Crippen LogP contribution in [0.3, 0.4) is 0 Å². The molecule has 5 nitrogen and oxygen atoms in total. The quantitative estimate of drug-likeness (QED) is 0.694. The Kier molecular flexibility index (Phi) is 6.40. The first-order valence-electron chi connectivity index (χ1n) is 6.25. The van der Waals surface area contributed by atoms with Crippen molar-refractivity contribution < 1.29 is 13.2 Å². The number of ether oxygens (including phenoxy) is 1. The molecule has 1 rings (SSSR count). The van der Waals surface area contributed by atoms with Crippen molar-refractivity contribution in [2.24, 2.45) is 17.6 Å². The van der Waals surface area contributed by atoms with E-state index in [2.05, 4.69) is 4.72 Å². The van der Waals surface area contributed by atoms with Crippen LogP contribution in [-0.4, -0.2) is 41.0 Å². The van der Waals surface area contributed by atoms with Gasteiger partial charge in [0.05, 0.1) is 12.4 Å². The Balaban J connectivity index is 2.37. The fourth-order valence-electron chi connectivity index (χ4n) is 2.36. The highest BCUT2D eigenvalue weighted by Gasteiger charge is 2.25. The van der Waals surface area contributed by atoms with Crippen LogP contribution in [0.15, 0.2) is 0 Å². The summed E-state index contributed by atoms with van der Waals surface area (Å²) < 4.78 is 30.6. The summed E-state index contributed by atoms with van der Waals surface area (Å²) in [5.74, 6) is 0.892. The van der Waals surface area contributed by atoms with E-state index in [9.17, 15) is 8.42 Å². The van der Waals surface area contributed by atoms with Crippen molar-refractivity contribution in [1.29, 1.82) is 0 Å². The molecule has 1 aliphatic rings. The van der Waals surface area contributed by atoms with E-state index >= 15 is 0 Å². The summed E-state index contributed by atoms with van der Waals surface area (Å²) in [6, 6.07) is 0. The Morgan fingerprint density at radius 3 is 2.53 bits per heavy atom. The van der Waals surface area contributed by atoms with E-state index in [0.29, 0.717) is 24.9 Å². The highest BCUT2D eigenvalue weighted by Crippen LogP contribution is 2.28. The van der Waals surface area contributed by atoms with E-state index in [0.717, 1.165) is 12.8 Å². The van der Waals surface area contributed by atoms with Gasteiger partial charge in [-0.05, 0) is 31.2 Å². The summed E-state index contributed by atoms with van der Waals surface area (Å²) in [6.07, 6.45) is 4.60. The fourth-order valence-corrected chi connectivity index (χ4v) is 3.36. The van der Waals surface area contributed by atoms with Crippen LogP contribution in [0.25, 0.3) is 0 Å². The molecule has 0 aliphatic heterocycles. The van der Waals surface area contributed by atoms with Crippen LogP contribution in [0.2, 0.25) is 0 Å². The third kappa shape index (κ3) is 5.33. The first-order valence-corrected chi connectivity index (χ1v) is 7.90. The SMILES string of the molecule is COCCS(=O)(=O)NCC1CCCCC1CN. The molecule has 0 aromatic heterocycles. The third-order valence-corrected chi connectivity index (χ3v) is 4.80. The Morgan fingerprint density at radius 2 is 1.94 bits per heavy atom. The summed E-state index contributed by atoms with van der Waals surface area (Å²) in [5, 5.41) is 0. The van der Waals surface area contributed by atoms with Gasteiger partial charge >= 0.3 is 0 Å². The van der Waals surface area contributed by atoms with Gasteiger partial charge in [-0.15, -0.1) is 0 Å². The predicted molar refractivity (Wildman–Crippen MR) is 68.2 cm³/mol. The topological polar surface area (TPSA) is 81.4 Å². The molecule has 1 fully saturated rings. The van der Waals surface area contributed by atoms with E-state index in [1.54, 1.807) is 0 Å². The molecule has 0 heterocycles. The lowest BCUT2D eigenvalue weighted by Gasteiger charge is -2.30. The van der Waals surface area contributed by atoms with Crippen molar-refractivity contribution in [3.8, 4) is 0 Å². The molecule has 0 aromatic carbocycles. The zero-order valence-electron chi connectivity index (χ0n) is 10.5. The summed E-state index contributed by atoms with van der Waals surface area (Å²) in [5.41, 5.74) is 5.72. The second-order valence-electron chi connectivity index (χ2n) is 4.70. The molecule has 1 saturated carbocycles. The van der Waals surface area contributed by atoms with Crippen molar-refractivity contribution in [3.63, 3.8) is 0 Å². The highest BCUT2D eigenvalue weighted by molar-refractivity contribution is 7.89. The van der Waals surface area contributed by atoms with Gasteiger partial charge < -0.3 is 10.5 Å². The molecule has 0 aromatic rings. The summed E-state index contributed by atoms with van der Waals surface area (Å²) >= 11 is 0. The van der Waals surface area contributed by atoms with Crippen LogP contribution < -0.4 is 10.5 Å². The Hall–Kier alpha value is -0.170.